The average Bonchev–Trinajstić information content (AvgIpc) is 2.62. The van der Waals surface area contributed by atoms with Crippen LogP contribution in [-0.4, -0.2) is 6.54 Å². The van der Waals surface area contributed by atoms with Crippen molar-refractivity contribution >= 4 is 0 Å². The molecule has 0 bridgehead atoms. The molecule has 2 aromatic carbocycles. The van der Waals surface area contributed by atoms with E-state index in [-0.39, 0.29) is 0 Å². The quantitative estimate of drug-likeness (QED) is 0.646. The minimum Gasteiger partial charge on any atom is -0.331 e. The second kappa shape index (κ2) is 23.5. The van der Waals surface area contributed by atoms with Crippen LogP contribution >= 0.6 is 0 Å². The summed E-state index contributed by atoms with van der Waals surface area (Å²) in [5.74, 6) is 0. The highest BCUT2D eigenvalue weighted by atomic mass is 14.5. The van der Waals surface area contributed by atoms with E-state index in [9.17, 15) is 0 Å². The van der Waals surface area contributed by atoms with E-state index >= 15 is 0 Å². The van der Waals surface area contributed by atoms with Crippen molar-refractivity contribution in [2.45, 2.75) is 48.5 Å². The Hall–Kier alpha value is -1.60. The van der Waals surface area contributed by atoms with Gasteiger partial charge in [-0.2, -0.15) is 0 Å². The largest absolute Gasteiger partial charge is 0.331 e. The summed E-state index contributed by atoms with van der Waals surface area (Å²) in [6, 6.07) is 20.8. The van der Waals surface area contributed by atoms with Crippen LogP contribution in [0, 0.1) is 0 Å². The maximum Gasteiger partial charge on any atom is -0.0106 e. The lowest BCUT2D eigenvalue weighted by Gasteiger charge is -1.98. The monoisotopic (exact) mass is 289 g/mol. The van der Waals surface area contributed by atoms with Gasteiger partial charge >= 0.3 is 0 Å². The van der Waals surface area contributed by atoms with E-state index in [1.54, 1.807) is 0 Å². The predicted octanol–water partition coefficient (Wildman–Crippen LogP) is 6.40. The van der Waals surface area contributed by atoms with Gasteiger partial charge in [-0.25, -0.2) is 0 Å². The van der Waals surface area contributed by atoms with Crippen LogP contribution in [0.4, 0.5) is 0 Å². The molecule has 0 atom stereocenters. The number of hydrogen-bond donors (Lipinski definition) is 1. The van der Waals surface area contributed by atoms with Gasteiger partial charge in [0, 0.05) is 0 Å². The third-order valence-electron chi connectivity index (χ3n) is 1.88. The maximum atomic E-state index is 4.85. The second-order valence-corrected chi connectivity index (χ2v) is 3.14. The molecule has 2 N–H and O–H groups in total. The first kappa shape index (κ1) is 24.4. The fraction of sp³-hybridized carbons (Fsp3) is 0.400. The van der Waals surface area contributed by atoms with Crippen LogP contribution in [0.15, 0.2) is 60.7 Å². The van der Waals surface area contributed by atoms with E-state index in [1.807, 2.05) is 60.6 Å². The lowest BCUT2D eigenvalue weighted by molar-refractivity contribution is 1.14. The van der Waals surface area contributed by atoms with Crippen LogP contribution < -0.4 is 5.73 Å². The van der Waals surface area contributed by atoms with Gasteiger partial charge in [0.1, 0.15) is 0 Å². The van der Waals surface area contributed by atoms with Crippen LogP contribution in [0.25, 0.3) is 11.1 Å². The van der Waals surface area contributed by atoms with Crippen LogP contribution in [0.1, 0.15) is 48.5 Å². The Morgan fingerprint density at radius 2 is 0.762 bits per heavy atom. The van der Waals surface area contributed by atoms with Crippen molar-refractivity contribution < 1.29 is 0 Å². The normalized spacial score (nSPS) is 7.24. The standard InChI is InChI=1S/C12H10.C2H7N.3C2H6/c1-3-7-11(8-4-1)12-9-5-2-6-10-12;1-2-3;3*1-2/h1-10H;2-3H2,1H3;3*1-2H3. The van der Waals surface area contributed by atoms with E-state index in [0.717, 1.165) is 6.54 Å². The number of benzene rings is 2. The van der Waals surface area contributed by atoms with Crippen LogP contribution in [0.2, 0.25) is 0 Å². The molecule has 0 aliphatic rings. The molecule has 0 amide bonds. The van der Waals surface area contributed by atoms with Gasteiger partial charge in [-0.3, -0.25) is 0 Å². The van der Waals surface area contributed by atoms with Crippen molar-refractivity contribution in [1.29, 1.82) is 0 Å². The molecule has 0 saturated carbocycles. The van der Waals surface area contributed by atoms with Gasteiger partial charge in [0.15, 0.2) is 0 Å². The predicted molar refractivity (Wildman–Crippen MR) is 101 cm³/mol. The topological polar surface area (TPSA) is 26.0 Å². The molecule has 0 heterocycles. The number of hydrogen-bond acceptors (Lipinski definition) is 1. The van der Waals surface area contributed by atoms with Crippen LogP contribution in [-0.2, 0) is 0 Å². The summed E-state index contributed by atoms with van der Waals surface area (Å²) in [5, 5.41) is 0. The van der Waals surface area contributed by atoms with Gasteiger partial charge in [0.2, 0.25) is 0 Å². The van der Waals surface area contributed by atoms with E-state index in [4.69, 9.17) is 5.73 Å². The lowest BCUT2D eigenvalue weighted by atomic mass is 10.1. The van der Waals surface area contributed by atoms with E-state index < -0.39 is 0 Å². The van der Waals surface area contributed by atoms with Gasteiger partial charge in [-0.05, 0) is 17.7 Å². The van der Waals surface area contributed by atoms with Crippen molar-refractivity contribution in [3.8, 4) is 11.1 Å². The van der Waals surface area contributed by atoms with E-state index in [0.29, 0.717) is 0 Å². The molecule has 0 fully saturated rings. The molecule has 0 aromatic heterocycles. The Morgan fingerprint density at radius 3 is 0.952 bits per heavy atom. The smallest absolute Gasteiger partial charge is 0.0106 e. The fourth-order valence-electron chi connectivity index (χ4n) is 1.26. The molecule has 0 radical (unpaired) electrons. The molecule has 0 saturated heterocycles. The van der Waals surface area contributed by atoms with Gasteiger partial charge in [0.05, 0.1) is 0 Å². The number of rotatable bonds is 1. The van der Waals surface area contributed by atoms with Gasteiger partial charge < -0.3 is 5.73 Å². The Bertz CT molecular complexity index is 317. The molecule has 120 valence electrons. The molecule has 0 unspecified atom stereocenters. The molecule has 0 spiro atoms. The van der Waals surface area contributed by atoms with E-state index in [2.05, 4.69) is 48.5 Å². The first-order valence-electron chi connectivity index (χ1n) is 8.19. The molecule has 0 aliphatic carbocycles. The first-order chi connectivity index (χ1) is 10.4. The maximum absolute atomic E-state index is 4.85. The summed E-state index contributed by atoms with van der Waals surface area (Å²) in [7, 11) is 0. The van der Waals surface area contributed by atoms with Crippen molar-refractivity contribution in [2.75, 3.05) is 6.54 Å². The number of nitrogens with two attached hydrogens (primary N) is 1. The Labute approximate surface area is 133 Å². The zero-order chi connectivity index (χ0) is 16.9. The Balaban J connectivity index is -0.000000308. The van der Waals surface area contributed by atoms with Crippen LogP contribution in [0.5, 0.6) is 0 Å². The van der Waals surface area contributed by atoms with Gasteiger partial charge in [-0.1, -0.05) is 109 Å². The average molecular weight is 290 g/mol. The highest BCUT2D eigenvalue weighted by Gasteiger charge is 1.91. The molecular formula is C20H35N. The summed E-state index contributed by atoms with van der Waals surface area (Å²) in [5.41, 5.74) is 7.40. The highest BCUT2D eigenvalue weighted by Crippen LogP contribution is 2.17. The van der Waals surface area contributed by atoms with Crippen molar-refractivity contribution in [2.24, 2.45) is 5.73 Å². The minimum absolute atomic E-state index is 0.750. The van der Waals surface area contributed by atoms with Crippen LogP contribution in [0.3, 0.4) is 0 Å². The molecule has 2 aromatic rings. The molecular weight excluding hydrogens is 254 g/mol. The minimum atomic E-state index is 0.750. The summed E-state index contributed by atoms with van der Waals surface area (Å²) < 4.78 is 0. The molecule has 21 heavy (non-hydrogen) atoms. The lowest BCUT2D eigenvalue weighted by Crippen LogP contribution is -1.87. The summed E-state index contributed by atoms with van der Waals surface area (Å²) in [6.07, 6.45) is 0. The third-order valence-corrected chi connectivity index (χ3v) is 1.88. The molecule has 1 nitrogen and oxygen atoms in total. The summed E-state index contributed by atoms with van der Waals surface area (Å²) in [6.45, 7) is 14.7. The van der Waals surface area contributed by atoms with Crippen molar-refractivity contribution in [3.63, 3.8) is 0 Å². The zero-order valence-electron chi connectivity index (χ0n) is 15.1. The molecule has 2 rings (SSSR count). The zero-order valence-corrected chi connectivity index (χ0v) is 15.1. The highest BCUT2D eigenvalue weighted by molar-refractivity contribution is 5.62. The van der Waals surface area contributed by atoms with Gasteiger partial charge in [0.25, 0.3) is 0 Å². The Kier molecular flexibility index (Phi) is 27.3. The van der Waals surface area contributed by atoms with Crippen molar-refractivity contribution in [1.82, 2.24) is 0 Å². The Morgan fingerprint density at radius 1 is 0.571 bits per heavy atom. The molecule has 1 heteroatoms. The second-order valence-electron chi connectivity index (χ2n) is 3.14. The first-order valence-corrected chi connectivity index (χ1v) is 8.19. The third kappa shape index (κ3) is 14.6. The van der Waals surface area contributed by atoms with Gasteiger partial charge in [-0.15, -0.1) is 0 Å². The fourth-order valence-corrected chi connectivity index (χ4v) is 1.26. The van der Waals surface area contributed by atoms with Crippen molar-refractivity contribution in [3.05, 3.63) is 60.7 Å². The summed E-state index contributed by atoms with van der Waals surface area (Å²) in [4.78, 5) is 0. The SMILES string of the molecule is CC.CC.CC.CCN.c1ccc(-c2ccccc2)cc1. The molecule has 0 aliphatic heterocycles. The van der Waals surface area contributed by atoms with E-state index in [1.165, 1.54) is 11.1 Å². The summed E-state index contributed by atoms with van der Waals surface area (Å²) >= 11 is 0.